The molecule has 16 heavy (non-hydrogen) atoms. The van der Waals surface area contributed by atoms with Gasteiger partial charge in [0.2, 0.25) is 0 Å². The summed E-state index contributed by atoms with van der Waals surface area (Å²) in [4.78, 5) is 11.0. The molecule has 0 saturated heterocycles. The summed E-state index contributed by atoms with van der Waals surface area (Å²) < 4.78 is 4.30. The Balaban J connectivity index is 2.96. The number of hydrogen-bond acceptors (Lipinski definition) is 4. The van der Waals surface area contributed by atoms with Crippen molar-refractivity contribution in [3.05, 3.63) is 33.8 Å². The third kappa shape index (κ3) is 2.86. The molecule has 1 rings (SSSR count). The molecular formula is C10H10Cl2O4. The van der Waals surface area contributed by atoms with Gasteiger partial charge < -0.3 is 14.9 Å². The van der Waals surface area contributed by atoms with Crippen LogP contribution in [-0.2, 0) is 9.53 Å². The first-order chi connectivity index (χ1) is 7.47. The zero-order valence-corrected chi connectivity index (χ0v) is 9.87. The highest BCUT2D eigenvalue weighted by atomic mass is 35.5. The monoisotopic (exact) mass is 264 g/mol. The molecule has 1 aromatic carbocycles. The van der Waals surface area contributed by atoms with Crippen LogP contribution in [0.3, 0.4) is 0 Å². The number of rotatable bonds is 3. The molecule has 0 amide bonds. The second-order valence-corrected chi connectivity index (χ2v) is 3.92. The zero-order chi connectivity index (χ0) is 12.3. The van der Waals surface area contributed by atoms with Gasteiger partial charge in [0.15, 0.2) is 6.10 Å². The molecule has 0 heterocycles. The Labute approximate surface area is 102 Å². The van der Waals surface area contributed by atoms with Crippen molar-refractivity contribution < 1.29 is 19.7 Å². The molecule has 88 valence electrons. The average molecular weight is 265 g/mol. The van der Waals surface area contributed by atoms with Gasteiger partial charge in [0.1, 0.15) is 6.10 Å². The Hall–Kier alpha value is -0.810. The highest BCUT2D eigenvalue weighted by Crippen LogP contribution is 2.28. The number of carbonyl (C=O) groups excluding carboxylic acids is 1. The lowest BCUT2D eigenvalue weighted by Gasteiger charge is -2.17. The quantitative estimate of drug-likeness (QED) is 0.814. The summed E-state index contributed by atoms with van der Waals surface area (Å²) in [6.45, 7) is 0. The lowest BCUT2D eigenvalue weighted by molar-refractivity contribution is -0.156. The molecule has 0 aliphatic heterocycles. The van der Waals surface area contributed by atoms with Crippen LogP contribution in [0.1, 0.15) is 11.7 Å². The van der Waals surface area contributed by atoms with Crippen molar-refractivity contribution in [1.29, 1.82) is 0 Å². The molecule has 2 N–H and O–H groups in total. The van der Waals surface area contributed by atoms with Crippen LogP contribution >= 0.6 is 23.2 Å². The maximum Gasteiger partial charge on any atom is 0.337 e. The van der Waals surface area contributed by atoms with Gasteiger partial charge >= 0.3 is 5.97 Å². The molecule has 0 fully saturated rings. The van der Waals surface area contributed by atoms with Crippen LogP contribution in [0, 0.1) is 0 Å². The van der Waals surface area contributed by atoms with E-state index in [0.29, 0.717) is 5.02 Å². The van der Waals surface area contributed by atoms with Gasteiger partial charge in [0.25, 0.3) is 0 Å². The van der Waals surface area contributed by atoms with E-state index >= 15 is 0 Å². The van der Waals surface area contributed by atoms with Gasteiger partial charge in [-0.15, -0.1) is 0 Å². The second kappa shape index (κ2) is 5.50. The van der Waals surface area contributed by atoms with E-state index in [1.54, 1.807) is 0 Å². The Morgan fingerprint density at radius 3 is 2.50 bits per heavy atom. The van der Waals surface area contributed by atoms with E-state index in [1.165, 1.54) is 18.2 Å². The first kappa shape index (κ1) is 13.3. The van der Waals surface area contributed by atoms with Crippen molar-refractivity contribution in [1.82, 2.24) is 0 Å². The van der Waals surface area contributed by atoms with E-state index in [-0.39, 0.29) is 10.6 Å². The fourth-order valence-electron chi connectivity index (χ4n) is 1.16. The van der Waals surface area contributed by atoms with E-state index in [4.69, 9.17) is 23.2 Å². The van der Waals surface area contributed by atoms with E-state index in [0.717, 1.165) is 7.11 Å². The minimum atomic E-state index is -1.68. The minimum Gasteiger partial charge on any atom is -0.467 e. The highest BCUT2D eigenvalue weighted by Gasteiger charge is 2.27. The SMILES string of the molecule is COC(=O)[C@@H](O)[C@H](O)c1ccc(Cl)cc1Cl. The first-order valence-corrected chi connectivity index (χ1v) is 5.12. The molecular weight excluding hydrogens is 255 g/mol. The normalized spacial score (nSPS) is 14.3. The van der Waals surface area contributed by atoms with Crippen molar-refractivity contribution in [2.24, 2.45) is 0 Å². The maximum atomic E-state index is 11.0. The van der Waals surface area contributed by atoms with Gasteiger partial charge in [-0.3, -0.25) is 0 Å². The smallest absolute Gasteiger partial charge is 0.337 e. The number of methoxy groups -OCH3 is 1. The van der Waals surface area contributed by atoms with Crippen LogP contribution in [0.5, 0.6) is 0 Å². The van der Waals surface area contributed by atoms with Crippen molar-refractivity contribution in [3.63, 3.8) is 0 Å². The van der Waals surface area contributed by atoms with Crippen molar-refractivity contribution in [2.45, 2.75) is 12.2 Å². The summed E-state index contributed by atoms with van der Waals surface area (Å²) >= 11 is 11.5. The predicted molar refractivity (Wildman–Crippen MR) is 59.4 cm³/mol. The Bertz CT molecular complexity index is 394. The molecule has 0 spiro atoms. The van der Waals surface area contributed by atoms with E-state index in [2.05, 4.69) is 4.74 Å². The first-order valence-electron chi connectivity index (χ1n) is 4.36. The van der Waals surface area contributed by atoms with Crippen LogP contribution in [0.4, 0.5) is 0 Å². The zero-order valence-electron chi connectivity index (χ0n) is 8.35. The van der Waals surface area contributed by atoms with Crippen molar-refractivity contribution in [3.8, 4) is 0 Å². The Morgan fingerprint density at radius 1 is 1.38 bits per heavy atom. The molecule has 0 aliphatic carbocycles. The van der Waals surface area contributed by atoms with Gasteiger partial charge in [-0.2, -0.15) is 0 Å². The molecule has 0 aliphatic rings. The number of halogens is 2. The third-order valence-corrected chi connectivity index (χ3v) is 2.59. The molecule has 4 nitrogen and oxygen atoms in total. The molecule has 6 heteroatoms. The van der Waals surface area contributed by atoms with E-state index < -0.39 is 18.2 Å². The van der Waals surface area contributed by atoms with Gasteiger partial charge in [0, 0.05) is 15.6 Å². The lowest BCUT2D eigenvalue weighted by Crippen LogP contribution is -2.29. The van der Waals surface area contributed by atoms with Gasteiger partial charge in [-0.25, -0.2) is 4.79 Å². The summed E-state index contributed by atoms with van der Waals surface area (Å²) in [5.74, 6) is -0.932. The van der Waals surface area contributed by atoms with Gasteiger partial charge in [-0.05, 0) is 12.1 Å². The fourth-order valence-corrected chi connectivity index (χ4v) is 1.68. The summed E-state index contributed by atoms with van der Waals surface area (Å²) in [6.07, 6.45) is -3.12. The number of hydrogen-bond donors (Lipinski definition) is 2. The molecule has 0 aromatic heterocycles. The van der Waals surface area contributed by atoms with Crippen LogP contribution in [-0.4, -0.2) is 29.4 Å². The summed E-state index contributed by atoms with van der Waals surface area (Å²) in [5, 5.41) is 19.7. The topological polar surface area (TPSA) is 66.8 Å². The Kier molecular flexibility index (Phi) is 4.56. The molecule has 0 unspecified atom stereocenters. The summed E-state index contributed by atoms with van der Waals surface area (Å²) in [5.41, 5.74) is 0.212. The van der Waals surface area contributed by atoms with Crippen LogP contribution in [0.2, 0.25) is 10.0 Å². The molecule has 0 radical (unpaired) electrons. The van der Waals surface area contributed by atoms with Crippen LogP contribution in [0.25, 0.3) is 0 Å². The average Bonchev–Trinajstić information content (AvgIpc) is 2.26. The number of carbonyl (C=O) groups is 1. The number of esters is 1. The van der Waals surface area contributed by atoms with E-state index in [1.807, 2.05) is 0 Å². The number of aliphatic hydroxyl groups is 2. The van der Waals surface area contributed by atoms with Gasteiger partial charge in [0.05, 0.1) is 7.11 Å². The minimum absolute atomic E-state index is 0.169. The molecule has 0 saturated carbocycles. The largest absolute Gasteiger partial charge is 0.467 e. The molecule has 2 atom stereocenters. The Morgan fingerprint density at radius 2 is 2.00 bits per heavy atom. The van der Waals surface area contributed by atoms with E-state index in [9.17, 15) is 15.0 Å². The third-order valence-electron chi connectivity index (χ3n) is 2.02. The number of aliphatic hydroxyl groups excluding tert-OH is 2. The fraction of sp³-hybridized carbons (Fsp3) is 0.300. The lowest BCUT2D eigenvalue weighted by atomic mass is 10.0. The predicted octanol–water partition coefficient (Wildman–Crippen LogP) is 1.56. The van der Waals surface area contributed by atoms with Crippen LogP contribution < -0.4 is 0 Å². The van der Waals surface area contributed by atoms with Crippen molar-refractivity contribution in [2.75, 3.05) is 7.11 Å². The highest BCUT2D eigenvalue weighted by molar-refractivity contribution is 6.35. The maximum absolute atomic E-state index is 11.0. The van der Waals surface area contributed by atoms with Crippen molar-refractivity contribution >= 4 is 29.2 Å². The van der Waals surface area contributed by atoms with Gasteiger partial charge in [-0.1, -0.05) is 29.3 Å². The number of benzene rings is 1. The summed E-state index contributed by atoms with van der Waals surface area (Å²) in [6, 6.07) is 4.34. The molecule has 1 aromatic rings. The molecule has 0 bridgehead atoms. The second-order valence-electron chi connectivity index (χ2n) is 3.08. The number of ether oxygens (including phenoxy) is 1. The summed E-state index contributed by atoms with van der Waals surface area (Å²) in [7, 11) is 1.11. The standard InChI is InChI=1S/C10H10Cl2O4/c1-16-10(15)9(14)8(13)6-3-2-5(11)4-7(6)12/h2-4,8-9,13-14H,1H3/t8-,9+/m1/s1. The van der Waals surface area contributed by atoms with Crippen LogP contribution in [0.15, 0.2) is 18.2 Å².